The van der Waals surface area contributed by atoms with Gasteiger partial charge in [0.05, 0.1) is 7.11 Å². The average Bonchev–Trinajstić information content (AvgIpc) is 2.99. The van der Waals surface area contributed by atoms with Gasteiger partial charge in [0.2, 0.25) is 0 Å². The second-order valence-corrected chi connectivity index (χ2v) is 5.40. The summed E-state index contributed by atoms with van der Waals surface area (Å²) in [5.41, 5.74) is 8.60. The number of hydrogen-bond donors (Lipinski definition) is 3. The van der Waals surface area contributed by atoms with Crippen molar-refractivity contribution >= 4 is 11.7 Å². The van der Waals surface area contributed by atoms with Crippen molar-refractivity contribution in [2.45, 2.75) is 13.2 Å². The Morgan fingerprint density at radius 2 is 1.96 bits per heavy atom. The van der Waals surface area contributed by atoms with E-state index < -0.39 is 6.23 Å². The van der Waals surface area contributed by atoms with Crippen molar-refractivity contribution in [3.63, 3.8) is 0 Å². The quantitative estimate of drug-likeness (QED) is 0.623. The van der Waals surface area contributed by atoms with Crippen LogP contribution in [0, 0.1) is 6.92 Å². The van der Waals surface area contributed by atoms with Gasteiger partial charge in [0.1, 0.15) is 17.7 Å². The number of anilines is 2. The summed E-state index contributed by atoms with van der Waals surface area (Å²) in [5, 5.41) is 12.9. The number of nitrogens with two attached hydrogens (primary N) is 1. The zero-order valence-corrected chi connectivity index (χ0v) is 13.5. The molecule has 0 bridgehead atoms. The van der Waals surface area contributed by atoms with Crippen LogP contribution in [0.3, 0.4) is 0 Å². The van der Waals surface area contributed by atoms with Crippen molar-refractivity contribution in [3.05, 3.63) is 59.8 Å². The van der Waals surface area contributed by atoms with E-state index in [1.807, 2.05) is 43.3 Å². The highest BCUT2D eigenvalue weighted by Gasteiger charge is 2.19. The van der Waals surface area contributed by atoms with Crippen LogP contribution in [0.5, 0.6) is 5.75 Å². The fourth-order valence-electron chi connectivity index (χ4n) is 2.38. The first kappa shape index (κ1) is 16.0. The van der Waals surface area contributed by atoms with E-state index >= 15 is 0 Å². The van der Waals surface area contributed by atoms with Crippen molar-refractivity contribution in [2.75, 3.05) is 12.4 Å². The lowest BCUT2D eigenvalue weighted by molar-refractivity contribution is 0.182. The molecule has 0 radical (unpaired) electrons. The normalized spacial score (nSPS) is 12.0. The fraction of sp³-hybridized carbons (Fsp3) is 0.167. The Kier molecular flexibility index (Phi) is 4.50. The lowest BCUT2D eigenvalue weighted by Crippen LogP contribution is -2.10. The molecule has 1 atom stereocenters. The summed E-state index contributed by atoms with van der Waals surface area (Å²) in [4.78, 5) is 4.27. The maximum atomic E-state index is 9.79. The largest absolute Gasteiger partial charge is 0.497 e. The van der Waals surface area contributed by atoms with Crippen LogP contribution in [-0.4, -0.2) is 17.2 Å². The molecule has 0 saturated carbocycles. The Labute approximate surface area is 139 Å². The number of rotatable bonds is 5. The molecule has 0 aliphatic rings. The minimum absolute atomic E-state index is 0.269. The van der Waals surface area contributed by atoms with Crippen molar-refractivity contribution < 1.29 is 14.3 Å². The molecular formula is C18H19N3O3. The van der Waals surface area contributed by atoms with Crippen LogP contribution >= 0.6 is 0 Å². The van der Waals surface area contributed by atoms with Gasteiger partial charge in [-0.2, -0.15) is 4.98 Å². The molecule has 0 fully saturated rings. The van der Waals surface area contributed by atoms with Gasteiger partial charge in [0.15, 0.2) is 5.76 Å². The van der Waals surface area contributed by atoms with Crippen LogP contribution in [0.25, 0.3) is 11.3 Å². The summed E-state index contributed by atoms with van der Waals surface area (Å²) in [5.74, 6) is 1.15. The molecule has 0 spiro atoms. The molecule has 1 unspecified atom stereocenters. The summed E-state index contributed by atoms with van der Waals surface area (Å²) in [6, 6.07) is 15.3. The third-order valence-electron chi connectivity index (χ3n) is 3.56. The standard InChI is InChI=1S/C18H19N3O3/c1-11-4-3-5-13(10-11)20-18-21-15(17(19)22)16(24-18)12-6-8-14(23-2)9-7-12/h3-10,17,22H,19H2,1-2H3,(H,20,21). The van der Waals surface area contributed by atoms with E-state index in [9.17, 15) is 5.11 Å². The number of methoxy groups -OCH3 is 1. The highest BCUT2D eigenvalue weighted by Crippen LogP contribution is 2.32. The van der Waals surface area contributed by atoms with Crippen LogP contribution < -0.4 is 15.8 Å². The number of nitrogens with one attached hydrogen (secondary N) is 1. The molecule has 0 saturated heterocycles. The number of benzene rings is 2. The number of oxazole rings is 1. The van der Waals surface area contributed by atoms with Gasteiger partial charge in [0.25, 0.3) is 6.01 Å². The van der Waals surface area contributed by atoms with Gasteiger partial charge in [-0.3, -0.25) is 0 Å². The van der Waals surface area contributed by atoms with Crippen LogP contribution in [0.4, 0.5) is 11.7 Å². The van der Waals surface area contributed by atoms with E-state index in [1.165, 1.54) is 0 Å². The van der Waals surface area contributed by atoms with Crippen molar-refractivity contribution in [2.24, 2.45) is 5.73 Å². The van der Waals surface area contributed by atoms with Crippen molar-refractivity contribution in [1.29, 1.82) is 0 Å². The number of ether oxygens (including phenoxy) is 1. The Morgan fingerprint density at radius 3 is 2.58 bits per heavy atom. The van der Waals surface area contributed by atoms with E-state index in [2.05, 4.69) is 10.3 Å². The number of hydrogen-bond acceptors (Lipinski definition) is 6. The van der Waals surface area contributed by atoms with E-state index in [-0.39, 0.29) is 11.7 Å². The lowest BCUT2D eigenvalue weighted by atomic mass is 10.1. The van der Waals surface area contributed by atoms with Gasteiger partial charge in [-0.05, 0) is 48.9 Å². The molecule has 2 aromatic carbocycles. The zero-order valence-electron chi connectivity index (χ0n) is 13.5. The third kappa shape index (κ3) is 3.40. The molecule has 4 N–H and O–H groups in total. The fourth-order valence-corrected chi connectivity index (χ4v) is 2.38. The third-order valence-corrected chi connectivity index (χ3v) is 3.56. The summed E-state index contributed by atoms with van der Waals surface area (Å²) in [7, 11) is 1.60. The molecule has 0 aliphatic heterocycles. The summed E-state index contributed by atoms with van der Waals surface area (Å²) in [6.45, 7) is 2.00. The Bertz CT molecular complexity index is 826. The van der Waals surface area contributed by atoms with Crippen LogP contribution in [0.1, 0.15) is 17.5 Å². The summed E-state index contributed by atoms with van der Waals surface area (Å²) in [6.07, 6.45) is -1.24. The van der Waals surface area contributed by atoms with Gasteiger partial charge in [0, 0.05) is 11.3 Å². The molecule has 6 nitrogen and oxygen atoms in total. The number of aliphatic hydroxyl groups excluding tert-OH is 1. The van der Waals surface area contributed by atoms with E-state index in [0.717, 1.165) is 22.6 Å². The van der Waals surface area contributed by atoms with Gasteiger partial charge in [-0.1, -0.05) is 12.1 Å². The first-order chi connectivity index (χ1) is 11.6. The molecule has 0 aliphatic carbocycles. The van der Waals surface area contributed by atoms with E-state index in [0.29, 0.717) is 5.76 Å². The number of aryl methyl sites for hydroxylation is 1. The smallest absolute Gasteiger partial charge is 0.300 e. The molecule has 1 aromatic heterocycles. The molecule has 0 amide bonds. The van der Waals surface area contributed by atoms with Crippen molar-refractivity contribution in [3.8, 4) is 17.1 Å². The van der Waals surface area contributed by atoms with Crippen molar-refractivity contribution in [1.82, 2.24) is 4.98 Å². The van der Waals surface area contributed by atoms with Crippen LogP contribution in [0.2, 0.25) is 0 Å². The second kappa shape index (κ2) is 6.74. The monoisotopic (exact) mass is 325 g/mol. The first-order valence-electron chi connectivity index (χ1n) is 7.49. The SMILES string of the molecule is COc1ccc(-c2oc(Nc3cccc(C)c3)nc2C(N)O)cc1. The van der Waals surface area contributed by atoms with E-state index in [4.69, 9.17) is 14.9 Å². The molecule has 3 aromatic rings. The zero-order chi connectivity index (χ0) is 17.1. The Morgan fingerprint density at radius 1 is 1.21 bits per heavy atom. The van der Waals surface area contributed by atoms with Crippen LogP contribution in [-0.2, 0) is 0 Å². The van der Waals surface area contributed by atoms with Gasteiger partial charge < -0.3 is 25.3 Å². The molecule has 6 heteroatoms. The molecule has 124 valence electrons. The van der Waals surface area contributed by atoms with Crippen LogP contribution in [0.15, 0.2) is 52.9 Å². The summed E-state index contributed by atoms with van der Waals surface area (Å²) < 4.78 is 10.9. The Balaban J connectivity index is 1.95. The predicted molar refractivity (Wildman–Crippen MR) is 92.1 cm³/mol. The van der Waals surface area contributed by atoms with Gasteiger partial charge >= 0.3 is 0 Å². The minimum atomic E-state index is -1.24. The van der Waals surface area contributed by atoms with Gasteiger partial charge in [-0.15, -0.1) is 0 Å². The van der Waals surface area contributed by atoms with Gasteiger partial charge in [-0.25, -0.2) is 0 Å². The second-order valence-electron chi connectivity index (χ2n) is 5.40. The minimum Gasteiger partial charge on any atom is -0.497 e. The first-order valence-corrected chi connectivity index (χ1v) is 7.49. The topological polar surface area (TPSA) is 93.5 Å². The maximum Gasteiger partial charge on any atom is 0.300 e. The van der Waals surface area contributed by atoms with E-state index in [1.54, 1.807) is 19.2 Å². The molecule has 3 rings (SSSR count). The highest BCUT2D eigenvalue weighted by atomic mass is 16.5. The molecule has 24 heavy (non-hydrogen) atoms. The highest BCUT2D eigenvalue weighted by molar-refractivity contribution is 5.64. The molecular weight excluding hydrogens is 306 g/mol. The lowest BCUT2D eigenvalue weighted by Gasteiger charge is -2.04. The molecule has 1 heterocycles. The number of nitrogens with zero attached hydrogens (tertiary/aromatic N) is 1. The number of aromatic nitrogens is 1. The maximum absolute atomic E-state index is 9.79. The number of aliphatic hydroxyl groups is 1. The summed E-state index contributed by atoms with van der Waals surface area (Å²) >= 11 is 0. The average molecular weight is 325 g/mol. The predicted octanol–water partition coefficient (Wildman–Crippen LogP) is 3.35. The Hall–Kier alpha value is -2.83.